The predicted molar refractivity (Wildman–Crippen MR) is 379 cm³/mol. The molecule has 0 aromatic heterocycles. The van der Waals surface area contributed by atoms with Crippen molar-refractivity contribution in [2.45, 2.75) is 405 Å². The van der Waals surface area contributed by atoms with Crippen molar-refractivity contribution in [3.63, 3.8) is 0 Å². The molecule has 0 aromatic carbocycles. The second-order valence-corrected chi connectivity index (χ2v) is 29.1. The summed E-state index contributed by atoms with van der Waals surface area (Å²) in [6, 6.07) is 0. The molecular weight excluding hydrogens is 1110 g/mol. The predicted octanol–water partition coefficient (Wildman–Crippen LogP) is 24.8. The van der Waals surface area contributed by atoms with Crippen LogP contribution in [0.5, 0.6) is 0 Å². The number of hydrogen-bond acceptors (Lipinski definition) is 8. The van der Waals surface area contributed by atoms with Gasteiger partial charge in [-0.1, -0.05) is 371 Å². The number of likely N-dealkylation sites (N-methyl/N-ethyl adjacent to an activating group) is 1. The highest BCUT2D eigenvalue weighted by Gasteiger charge is 2.22. The van der Waals surface area contributed by atoms with Crippen molar-refractivity contribution < 1.29 is 42.1 Å². The number of phosphoric acid groups is 1. The second-order valence-electron chi connectivity index (χ2n) is 27.7. The number of quaternary nitrogens is 1. The minimum Gasteiger partial charge on any atom is -0.756 e. The van der Waals surface area contributed by atoms with Crippen molar-refractivity contribution >= 4 is 19.8 Å². The Balaban J connectivity index is 3.89. The van der Waals surface area contributed by atoms with E-state index in [0.717, 1.165) is 57.8 Å². The monoisotopic (exact) mass is 1260 g/mol. The van der Waals surface area contributed by atoms with E-state index in [1.165, 1.54) is 308 Å². The summed E-state index contributed by atoms with van der Waals surface area (Å²) in [5.74, 6) is -0.818. The molecule has 0 aliphatic heterocycles. The summed E-state index contributed by atoms with van der Waals surface area (Å²) in [5, 5.41) is 0. The summed E-state index contributed by atoms with van der Waals surface area (Å²) in [4.78, 5) is 38.1. The molecule has 520 valence electrons. The maximum atomic E-state index is 12.9. The molecule has 0 aliphatic carbocycles. The molecule has 10 heteroatoms. The molecular formula is C78H150NO8P. The van der Waals surface area contributed by atoms with Gasteiger partial charge in [-0.2, -0.15) is 0 Å². The molecule has 2 unspecified atom stereocenters. The summed E-state index contributed by atoms with van der Waals surface area (Å²) in [7, 11) is 1.18. The van der Waals surface area contributed by atoms with E-state index in [2.05, 4.69) is 50.3 Å². The molecule has 0 fully saturated rings. The number of carbonyl (C=O) groups excluding carboxylic acids is 2. The van der Waals surface area contributed by atoms with Gasteiger partial charge in [-0.05, 0) is 51.4 Å². The van der Waals surface area contributed by atoms with Gasteiger partial charge in [-0.25, -0.2) is 0 Å². The Labute approximate surface area is 548 Å². The van der Waals surface area contributed by atoms with Crippen LogP contribution >= 0.6 is 7.82 Å². The molecule has 88 heavy (non-hydrogen) atoms. The Hall–Kier alpha value is -1.77. The van der Waals surface area contributed by atoms with Gasteiger partial charge in [0.2, 0.25) is 0 Å². The number of nitrogens with zero attached hydrogens (tertiary/aromatic N) is 1. The first-order valence-electron chi connectivity index (χ1n) is 38.7. The van der Waals surface area contributed by atoms with E-state index in [4.69, 9.17) is 18.5 Å². The van der Waals surface area contributed by atoms with Crippen LogP contribution in [0.3, 0.4) is 0 Å². The molecule has 0 amide bonds. The lowest BCUT2D eigenvalue weighted by atomic mass is 10.0. The van der Waals surface area contributed by atoms with E-state index < -0.39 is 26.5 Å². The summed E-state index contributed by atoms with van der Waals surface area (Å²) < 4.78 is 34.4. The maximum Gasteiger partial charge on any atom is 0.306 e. The van der Waals surface area contributed by atoms with Crippen molar-refractivity contribution in [1.82, 2.24) is 0 Å². The third kappa shape index (κ3) is 73.3. The molecule has 0 aromatic rings. The highest BCUT2D eigenvalue weighted by Crippen LogP contribution is 2.38. The Morgan fingerprint density at radius 2 is 0.614 bits per heavy atom. The lowest BCUT2D eigenvalue weighted by Gasteiger charge is -2.28. The van der Waals surface area contributed by atoms with E-state index in [1.54, 1.807) is 0 Å². The second kappa shape index (κ2) is 69.6. The fourth-order valence-corrected chi connectivity index (χ4v) is 12.5. The zero-order valence-electron chi connectivity index (χ0n) is 59.5. The average molecular weight is 1260 g/mol. The van der Waals surface area contributed by atoms with Crippen LogP contribution in [0.15, 0.2) is 36.5 Å². The number of esters is 2. The highest BCUT2D eigenvalue weighted by atomic mass is 31.2. The topological polar surface area (TPSA) is 111 Å². The molecule has 0 aliphatic rings. The van der Waals surface area contributed by atoms with Gasteiger partial charge in [0.05, 0.1) is 27.7 Å². The number of rotatable bonds is 73. The number of phosphoric ester groups is 1. The highest BCUT2D eigenvalue weighted by molar-refractivity contribution is 7.45. The normalized spacial score (nSPS) is 13.2. The third-order valence-corrected chi connectivity index (χ3v) is 18.6. The van der Waals surface area contributed by atoms with Crippen LogP contribution in [0.4, 0.5) is 0 Å². The first-order valence-corrected chi connectivity index (χ1v) is 40.2. The molecule has 0 rings (SSSR count). The zero-order chi connectivity index (χ0) is 64.1. The first-order chi connectivity index (χ1) is 43.0. The van der Waals surface area contributed by atoms with Crippen LogP contribution in [-0.2, 0) is 32.7 Å². The standard InChI is InChI=1S/C78H150NO8P/c1-6-8-10-12-14-16-18-20-22-24-26-28-30-32-33-34-35-36-37-38-39-40-41-42-43-44-45-47-48-50-52-54-56-58-60-62-64-66-68-70-77(80)84-74-76(75-86-88(82,83)85-73-72-79(3,4)5)87-78(81)71-69-67-65-63-61-59-57-55-53-51-49-46-31-29-27-25-23-21-19-17-15-13-11-9-7-2/h19,21,25,27,31,46,76H,6-18,20,22-24,26,28-30,32-45,47-75H2,1-5H3/b21-19-,27-25-,46-31-. The van der Waals surface area contributed by atoms with E-state index in [9.17, 15) is 19.0 Å². The van der Waals surface area contributed by atoms with Crippen LogP contribution in [-0.4, -0.2) is 70.0 Å². The molecule has 2 atom stereocenters. The Bertz CT molecular complexity index is 1580. The molecule has 0 N–H and O–H groups in total. The number of unbranched alkanes of at least 4 members (excludes halogenated alkanes) is 53. The van der Waals surface area contributed by atoms with Crippen molar-refractivity contribution in [2.24, 2.45) is 0 Å². The molecule has 0 spiro atoms. The number of carbonyl (C=O) groups is 2. The first kappa shape index (κ1) is 86.2. The van der Waals surface area contributed by atoms with Gasteiger partial charge in [0, 0.05) is 12.8 Å². The fourth-order valence-electron chi connectivity index (χ4n) is 11.7. The third-order valence-electron chi connectivity index (χ3n) is 17.7. The minimum absolute atomic E-state index is 0.0299. The largest absolute Gasteiger partial charge is 0.756 e. The van der Waals surface area contributed by atoms with Crippen LogP contribution in [0.25, 0.3) is 0 Å². The van der Waals surface area contributed by atoms with E-state index in [1.807, 2.05) is 21.1 Å². The Morgan fingerprint density at radius 1 is 0.352 bits per heavy atom. The molecule has 0 saturated carbocycles. The quantitative estimate of drug-likeness (QED) is 0.0195. The summed E-state index contributed by atoms with van der Waals surface area (Å²) in [6.07, 6.45) is 89.8. The molecule has 0 radical (unpaired) electrons. The van der Waals surface area contributed by atoms with Crippen molar-refractivity contribution in [2.75, 3.05) is 47.5 Å². The van der Waals surface area contributed by atoms with Crippen molar-refractivity contribution in [3.8, 4) is 0 Å². The molecule has 0 bridgehead atoms. The van der Waals surface area contributed by atoms with Crippen LogP contribution < -0.4 is 4.89 Å². The zero-order valence-corrected chi connectivity index (χ0v) is 60.4. The fraction of sp³-hybridized carbons (Fsp3) is 0.897. The van der Waals surface area contributed by atoms with E-state index >= 15 is 0 Å². The van der Waals surface area contributed by atoms with Gasteiger partial charge in [0.25, 0.3) is 7.82 Å². The van der Waals surface area contributed by atoms with Crippen molar-refractivity contribution in [1.29, 1.82) is 0 Å². The SMILES string of the molecule is CCCCCCC/C=C\C/C=C\C/C=C\CCCCCCCCCCCCC(=O)OC(COC(=O)CCCCCCCCCCCCCCCCCCCCCCCCCCCCCCCCCCCCCCCCC)COP(=O)([O-])OCC[N+](C)(C)C. The number of hydrogen-bond donors (Lipinski definition) is 0. The van der Waals surface area contributed by atoms with Gasteiger partial charge < -0.3 is 27.9 Å². The van der Waals surface area contributed by atoms with E-state index in [0.29, 0.717) is 17.4 Å². The summed E-state index contributed by atoms with van der Waals surface area (Å²) >= 11 is 0. The van der Waals surface area contributed by atoms with Gasteiger partial charge in [-0.15, -0.1) is 0 Å². The molecule has 9 nitrogen and oxygen atoms in total. The van der Waals surface area contributed by atoms with Gasteiger partial charge in [0.1, 0.15) is 19.8 Å². The summed E-state index contributed by atoms with van der Waals surface area (Å²) in [6.45, 7) is 4.30. The van der Waals surface area contributed by atoms with Crippen LogP contribution in [0.2, 0.25) is 0 Å². The Kier molecular flexibility index (Phi) is 68.2. The van der Waals surface area contributed by atoms with E-state index in [-0.39, 0.29) is 32.0 Å². The smallest absolute Gasteiger partial charge is 0.306 e. The maximum absolute atomic E-state index is 12.9. The van der Waals surface area contributed by atoms with Crippen molar-refractivity contribution in [3.05, 3.63) is 36.5 Å². The lowest BCUT2D eigenvalue weighted by Crippen LogP contribution is -2.37. The minimum atomic E-state index is -4.64. The summed E-state index contributed by atoms with van der Waals surface area (Å²) in [5.41, 5.74) is 0. The number of allylic oxidation sites excluding steroid dienone is 6. The average Bonchev–Trinajstić information content (AvgIpc) is 3.57. The van der Waals surface area contributed by atoms with Gasteiger partial charge >= 0.3 is 11.9 Å². The lowest BCUT2D eigenvalue weighted by molar-refractivity contribution is -0.870. The number of ether oxygens (including phenoxy) is 2. The van der Waals surface area contributed by atoms with Crippen LogP contribution in [0.1, 0.15) is 399 Å². The Morgan fingerprint density at radius 3 is 0.909 bits per heavy atom. The molecule has 0 heterocycles. The van der Waals surface area contributed by atoms with Gasteiger partial charge in [0.15, 0.2) is 6.10 Å². The van der Waals surface area contributed by atoms with Gasteiger partial charge in [-0.3, -0.25) is 14.2 Å². The van der Waals surface area contributed by atoms with Crippen LogP contribution in [0, 0.1) is 0 Å². The molecule has 0 saturated heterocycles.